The molecule has 0 spiro atoms. The summed E-state index contributed by atoms with van der Waals surface area (Å²) in [7, 11) is 0. The van der Waals surface area contributed by atoms with Gasteiger partial charge >= 0.3 is 0 Å². The van der Waals surface area contributed by atoms with Gasteiger partial charge in [-0.2, -0.15) is 0 Å². The van der Waals surface area contributed by atoms with Gasteiger partial charge in [0.15, 0.2) is 5.78 Å². The number of benzene rings is 4. The number of nitrogens with one attached hydrogen (secondary N) is 1. The molecule has 0 bridgehead atoms. The van der Waals surface area contributed by atoms with Crippen LogP contribution in [-0.4, -0.2) is 5.78 Å². The molecule has 3 nitrogen and oxygen atoms in total. The lowest BCUT2D eigenvalue weighted by molar-refractivity contribution is -0.118. The predicted octanol–water partition coefficient (Wildman–Crippen LogP) is 9.80. The molecule has 4 aromatic rings. The number of fused-ring (bicyclic) bond motifs is 4. The van der Waals surface area contributed by atoms with E-state index in [1.807, 2.05) is 24.3 Å². The standard InChI is InChI=1S/C32H26BrCl2NO2/c1-32(2)15-24-29-22-6-4-3-5-18(22)8-11-26(29)36-31(30(24)27(37)16-32)23-13-20(33)9-12-28(23)38-17-19-7-10-21(34)14-25(19)35/h3-14,31,36H,15-17H2,1-2H3/t31-/m0/s1. The van der Waals surface area contributed by atoms with Gasteiger partial charge in [0.2, 0.25) is 0 Å². The number of rotatable bonds is 4. The van der Waals surface area contributed by atoms with Crippen LogP contribution in [0.25, 0.3) is 16.3 Å². The van der Waals surface area contributed by atoms with E-state index in [0.29, 0.717) is 22.2 Å². The number of Topliss-reactive ketones (excluding diaryl/α,β-unsaturated/α-hetero) is 1. The number of hydrogen-bond donors (Lipinski definition) is 1. The highest BCUT2D eigenvalue weighted by atomic mass is 79.9. The van der Waals surface area contributed by atoms with E-state index in [1.165, 1.54) is 5.39 Å². The highest BCUT2D eigenvalue weighted by Gasteiger charge is 2.41. The van der Waals surface area contributed by atoms with Gasteiger partial charge in [0, 0.05) is 48.9 Å². The molecule has 1 aliphatic heterocycles. The third kappa shape index (κ3) is 4.64. The summed E-state index contributed by atoms with van der Waals surface area (Å²) in [6.07, 6.45) is 1.34. The zero-order chi connectivity index (χ0) is 26.6. The number of ketones is 1. The fourth-order valence-corrected chi connectivity index (χ4v) is 6.58. The highest BCUT2D eigenvalue weighted by molar-refractivity contribution is 9.10. The van der Waals surface area contributed by atoms with Crippen molar-refractivity contribution < 1.29 is 9.53 Å². The fourth-order valence-electron chi connectivity index (χ4n) is 5.74. The number of carbonyl (C=O) groups excluding carboxylic acids is 1. The molecule has 0 aromatic heterocycles. The third-order valence-electron chi connectivity index (χ3n) is 7.42. The van der Waals surface area contributed by atoms with Gasteiger partial charge < -0.3 is 10.1 Å². The van der Waals surface area contributed by atoms with Gasteiger partial charge in [0.25, 0.3) is 0 Å². The van der Waals surface area contributed by atoms with E-state index in [0.717, 1.165) is 49.8 Å². The van der Waals surface area contributed by atoms with Crippen LogP contribution in [0.3, 0.4) is 0 Å². The largest absolute Gasteiger partial charge is 0.488 e. The van der Waals surface area contributed by atoms with Crippen molar-refractivity contribution >= 4 is 66.9 Å². The van der Waals surface area contributed by atoms with Gasteiger partial charge in [-0.15, -0.1) is 0 Å². The normalized spacial score (nSPS) is 18.1. The number of allylic oxidation sites excluding steroid dienone is 1. The highest BCUT2D eigenvalue weighted by Crippen LogP contribution is 2.53. The second-order valence-electron chi connectivity index (χ2n) is 10.8. The number of carbonyl (C=O) groups is 1. The van der Waals surface area contributed by atoms with Crippen molar-refractivity contribution in [2.24, 2.45) is 5.41 Å². The number of halogens is 3. The topological polar surface area (TPSA) is 38.3 Å². The molecule has 6 rings (SSSR count). The van der Waals surface area contributed by atoms with Crippen molar-refractivity contribution in [1.29, 1.82) is 0 Å². The summed E-state index contributed by atoms with van der Waals surface area (Å²) in [6, 6.07) is 23.7. The van der Waals surface area contributed by atoms with Gasteiger partial charge in [-0.1, -0.05) is 89.4 Å². The summed E-state index contributed by atoms with van der Waals surface area (Å²) in [4.78, 5) is 13.8. The van der Waals surface area contributed by atoms with Gasteiger partial charge in [0.1, 0.15) is 12.4 Å². The van der Waals surface area contributed by atoms with Crippen LogP contribution < -0.4 is 10.1 Å². The minimum absolute atomic E-state index is 0.117. The lowest BCUT2D eigenvalue weighted by Crippen LogP contribution is -2.33. The van der Waals surface area contributed by atoms with E-state index >= 15 is 0 Å². The Kier molecular flexibility index (Phi) is 6.54. The maximum absolute atomic E-state index is 13.8. The quantitative estimate of drug-likeness (QED) is 0.251. The van der Waals surface area contributed by atoms with E-state index in [-0.39, 0.29) is 23.8 Å². The summed E-state index contributed by atoms with van der Waals surface area (Å²) in [5.74, 6) is 0.879. The van der Waals surface area contributed by atoms with Crippen molar-refractivity contribution in [3.05, 3.63) is 110 Å². The second kappa shape index (κ2) is 9.75. The van der Waals surface area contributed by atoms with Crippen molar-refractivity contribution in [3.8, 4) is 5.75 Å². The minimum atomic E-state index is -0.338. The summed E-state index contributed by atoms with van der Waals surface area (Å²) in [6.45, 7) is 4.64. The fraction of sp³-hybridized carbons (Fsp3) is 0.219. The van der Waals surface area contributed by atoms with Crippen molar-refractivity contribution in [2.75, 3.05) is 5.32 Å². The zero-order valence-corrected chi connectivity index (χ0v) is 24.2. The molecule has 6 heteroatoms. The Bertz CT molecular complexity index is 1640. The number of hydrogen-bond acceptors (Lipinski definition) is 3. The Morgan fingerprint density at radius 2 is 1.82 bits per heavy atom. The van der Waals surface area contributed by atoms with E-state index in [4.69, 9.17) is 27.9 Å². The maximum atomic E-state index is 13.8. The van der Waals surface area contributed by atoms with Crippen LogP contribution >= 0.6 is 39.1 Å². The first-order valence-corrected chi connectivity index (χ1v) is 14.2. The van der Waals surface area contributed by atoms with Crippen LogP contribution in [0.2, 0.25) is 10.0 Å². The van der Waals surface area contributed by atoms with E-state index in [2.05, 4.69) is 71.5 Å². The molecule has 0 saturated heterocycles. The van der Waals surface area contributed by atoms with Gasteiger partial charge in [-0.25, -0.2) is 0 Å². The van der Waals surface area contributed by atoms with Crippen molar-refractivity contribution in [1.82, 2.24) is 0 Å². The Balaban J connectivity index is 1.49. The molecule has 4 aromatic carbocycles. The lowest BCUT2D eigenvalue weighted by Gasteiger charge is -2.40. The Morgan fingerprint density at radius 1 is 1.00 bits per heavy atom. The third-order valence-corrected chi connectivity index (χ3v) is 8.50. The molecule has 1 aliphatic carbocycles. The van der Waals surface area contributed by atoms with Crippen molar-refractivity contribution in [2.45, 2.75) is 39.3 Å². The smallest absolute Gasteiger partial charge is 0.162 e. The molecular formula is C32H26BrCl2NO2. The first-order chi connectivity index (χ1) is 18.2. The zero-order valence-electron chi connectivity index (χ0n) is 21.1. The molecular weight excluding hydrogens is 581 g/mol. The maximum Gasteiger partial charge on any atom is 0.162 e. The molecule has 0 amide bonds. The Hall–Kier alpha value is -2.79. The molecule has 0 fully saturated rings. The summed E-state index contributed by atoms with van der Waals surface area (Å²) < 4.78 is 7.26. The molecule has 192 valence electrons. The predicted molar refractivity (Wildman–Crippen MR) is 160 cm³/mol. The molecule has 0 radical (unpaired) electrons. The van der Waals surface area contributed by atoms with Crippen LogP contribution in [0, 0.1) is 5.41 Å². The average Bonchev–Trinajstić information content (AvgIpc) is 2.87. The first-order valence-electron chi connectivity index (χ1n) is 12.6. The van der Waals surface area contributed by atoms with Gasteiger partial charge in [-0.05, 0) is 64.6 Å². The Morgan fingerprint density at radius 3 is 2.63 bits per heavy atom. The van der Waals surface area contributed by atoms with E-state index < -0.39 is 0 Å². The van der Waals surface area contributed by atoms with Crippen LogP contribution in [0.15, 0.2) is 82.8 Å². The number of ether oxygens (including phenoxy) is 1. The van der Waals surface area contributed by atoms with E-state index in [1.54, 1.807) is 12.1 Å². The van der Waals surface area contributed by atoms with Crippen molar-refractivity contribution in [3.63, 3.8) is 0 Å². The summed E-state index contributed by atoms with van der Waals surface area (Å²) >= 11 is 16.1. The minimum Gasteiger partial charge on any atom is -0.488 e. The van der Waals surface area contributed by atoms with Crippen LogP contribution in [-0.2, 0) is 11.4 Å². The summed E-state index contributed by atoms with van der Waals surface area (Å²) in [5.41, 5.74) is 5.77. The van der Waals surface area contributed by atoms with Crippen LogP contribution in [0.4, 0.5) is 5.69 Å². The monoisotopic (exact) mass is 605 g/mol. The van der Waals surface area contributed by atoms with E-state index in [9.17, 15) is 4.79 Å². The van der Waals surface area contributed by atoms with Gasteiger partial charge in [0.05, 0.1) is 6.04 Å². The summed E-state index contributed by atoms with van der Waals surface area (Å²) in [5, 5.41) is 7.20. The molecule has 0 saturated carbocycles. The molecule has 1 heterocycles. The molecule has 1 N–H and O–H groups in total. The first kappa shape index (κ1) is 25.5. The Labute approximate surface area is 240 Å². The SMILES string of the molecule is CC1(C)CC(=O)C2=C(C1)c1c(ccc3ccccc13)N[C@H]2c1cc(Br)ccc1OCc1ccc(Cl)cc1Cl. The lowest BCUT2D eigenvalue weighted by atomic mass is 9.68. The van der Waals surface area contributed by atoms with Crippen LogP contribution in [0.1, 0.15) is 49.4 Å². The van der Waals surface area contributed by atoms with Crippen LogP contribution in [0.5, 0.6) is 5.75 Å². The second-order valence-corrected chi connectivity index (χ2v) is 12.6. The van der Waals surface area contributed by atoms with Gasteiger partial charge in [-0.3, -0.25) is 4.79 Å². The average molecular weight is 607 g/mol. The number of anilines is 1. The molecule has 38 heavy (non-hydrogen) atoms. The molecule has 2 aliphatic rings. The molecule has 1 atom stereocenters. The molecule has 0 unspecified atom stereocenters.